The first-order chi connectivity index (χ1) is 17.6. The average Bonchev–Trinajstić information content (AvgIpc) is 3.26. The number of rotatable bonds is 6. The van der Waals surface area contributed by atoms with Crippen molar-refractivity contribution in [2.45, 2.75) is 13.0 Å². The van der Waals surface area contributed by atoms with Crippen LogP contribution in [0.1, 0.15) is 18.6 Å². The Bertz CT molecular complexity index is 1550. The lowest BCUT2D eigenvalue weighted by Crippen LogP contribution is -2.48. The van der Waals surface area contributed by atoms with Gasteiger partial charge in [-0.3, -0.25) is 10.1 Å². The van der Waals surface area contributed by atoms with Gasteiger partial charge in [-0.2, -0.15) is 9.40 Å². The molecule has 0 saturated carbocycles. The van der Waals surface area contributed by atoms with Gasteiger partial charge in [-0.25, -0.2) is 17.8 Å². The highest BCUT2D eigenvalue weighted by atomic mass is 35.5. The molecule has 1 aliphatic heterocycles. The van der Waals surface area contributed by atoms with Crippen molar-refractivity contribution in [1.29, 1.82) is 0 Å². The molecule has 4 aromatic rings. The fraction of sp³-hybridized carbons (Fsp3) is 0.292. The smallest absolute Gasteiger partial charge is 0.211 e. The molecule has 37 heavy (non-hydrogen) atoms. The molecule has 4 heterocycles. The molecule has 5 rings (SSSR count). The monoisotopic (exact) mass is 564 g/mol. The normalized spacial score (nSPS) is 15.8. The Kier molecular flexibility index (Phi) is 6.97. The fourth-order valence-electron chi connectivity index (χ4n) is 4.36. The number of H-pyrrole nitrogens is 1. The summed E-state index contributed by atoms with van der Waals surface area (Å²) in [6.45, 7) is 3.32. The van der Waals surface area contributed by atoms with Crippen LogP contribution in [0.5, 0.6) is 5.75 Å². The Morgan fingerprint density at radius 1 is 1.08 bits per heavy atom. The first-order valence-corrected chi connectivity index (χ1v) is 14.0. The van der Waals surface area contributed by atoms with Gasteiger partial charge >= 0.3 is 0 Å². The molecule has 9 nitrogen and oxygen atoms in total. The van der Waals surface area contributed by atoms with Crippen LogP contribution in [0.25, 0.3) is 22.2 Å². The summed E-state index contributed by atoms with van der Waals surface area (Å²) in [5, 5.41) is 8.69. The Balaban J connectivity index is 1.39. The molecule has 1 atom stereocenters. The second-order valence-corrected chi connectivity index (χ2v) is 11.5. The van der Waals surface area contributed by atoms with Crippen LogP contribution in [0, 0.1) is 5.82 Å². The fourth-order valence-corrected chi connectivity index (χ4v) is 5.86. The van der Waals surface area contributed by atoms with Crippen LogP contribution in [0.3, 0.4) is 0 Å². The molecule has 1 fully saturated rings. The zero-order chi connectivity index (χ0) is 26.3. The van der Waals surface area contributed by atoms with E-state index in [0.717, 1.165) is 0 Å². The minimum Gasteiger partial charge on any atom is -0.486 e. The maximum Gasteiger partial charge on any atom is 0.211 e. The van der Waals surface area contributed by atoms with Crippen molar-refractivity contribution in [3.8, 4) is 17.0 Å². The Labute approximate surface area is 223 Å². The van der Waals surface area contributed by atoms with Gasteiger partial charge in [-0.05, 0) is 25.1 Å². The number of hydrogen-bond acceptors (Lipinski definition) is 7. The number of piperazine rings is 1. The van der Waals surface area contributed by atoms with E-state index < -0.39 is 21.9 Å². The second kappa shape index (κ2) is 10.1. The highest BCUT2D eigenvalue weighted by Crippen LogP contribution is 2.35. The van der Waals surface area contributed by atoms with Gasteiger partial charge in [0.2, 0.25) is 10.0 Å². The number of halogens is 3. The van der Waals surface area contributed by atoms with E-state index in [1.54, 1.807) is 18.2 Å². The van der Waals surface area contributed by atoms with E-state index in [1.165, 1.54) is 35.2 Å². The number of hydrogen-bond donors (Lipinski definition) is 1. The lowest BCUT2D eigenvalue weighted by Gasteiger charge is -2.34. The maximum absolute atomic E-state index is 15.3. The summed E-state index contributed by atoms with van der Waals surface area (Å²) < 4.78 is 46.3. The lowest BCUT2D eigenvalue weighted by molar-refractivity contribution is 0.227. The quantitative estimate of drug-likeness (QED) is 0.362. The van der Waals surface area contributed by atoms with Crippen LogP contribution in [-0.2, 0) is 10.0 Å². The molecule has 0 amide bonds. The van der Waals surface area contributed by atoms with Gasteiger partial charge in [0.25, 0.3) is 0 Å². The van der Waals surface area contributed by atoms with Gasteiger partial charge in [-0.1, -0.05) is 23.2 Å². The molecule has 194 valence electrons. The van der Waals surface area contributed by atoms with E-state index in [0.29, 0.717) is 70.0 Å². The molecule has 0 aliphatic carbocycles. The molecular formula is C24H23Cl2FN6O3S. The number of nitrogens with one attached hydrogen (secondary N) is 1. The summed E-state index contributed by atoms with van der Waals surface area (Å²) in [6.07, 6.45) is 5.17. The number of benzene rings is 1. The molecule has 1 saturated heterocycles. The number of sulfonamides is 1. The summed E-state index contributed by atoms with van der Waals surface area (Å²) in [5.41, 5.74) is 1.95. The van der Waals surface area contributed by atoms with Crippen molar-refractivity contribution in [1.82, 2.24) is 24.5 Å². The Hall–Kier alpha value is -2.99. The van der Waals surface area contributed by atoms with Crippen molar-refractivity contribution in [3.63, 3.8) is 0 Å². The maximum atomic E-state index is 15.3. The van der Waals surface area contributed by atoms with Crippen LogP contribution in [0.4, 0.5) is 10.2 Å². The molecule has 1 N–H and O–H groups in total. The Morgan fingerprint density at radius 2 is 1.78 bits per heavy atom. The molecule has 0 bridgehead atoms. The standard InChI is InChI=1S/C24H23Cl2FN6O3S/c1-14(23-18(25)12-28-13-19(23)26)36-15-3-4-21-16(9-15)24(31-30-21)17-11-29-22(10-20(17)27)32-5-7-33(8-6-32)37(2,34)35/h3-4,9-14H,5-8H2,1-2H3,(H,30,31)/t14-/m1/s1. The van der Waals surface area contributed by atoms with Crippen LogP contribution in [0.2, 0.25) is 10.0 Å². The first kappa shape index (κ1) is 25.7. The van der Waals surface area contributed by atoms with Gasteiger partial charge in [0.05, 0.1) is 27.4 Å². The molecule has 3 aromatic heterocycles. The molecule has 1 aliphatic rings. The van der Waals surface area contributed by atoms with Gasteiger partial charge < -0.3 is 9.64 Å². The third-order valence-corrected chi connectivity index (χ3v) is 8.18. The van der Waals surface area contributed by atoms with E-state index in [1.807, 2.05) is 11.8 Å². The SMILES string of the molecule is C[C@@H](Oc1ccc2[nH]nc(-c3cnc(N4CCN(S(C)(=O)=O)CC4)cc3F)c2c1)c1c(Cl)cncc1Cl. The van der Waals surface area contributed by atoms with Gasteiger partial charge in [0, 0.05) is 61.8 Å². The second-order valence-electron chi connectivity index (χ2n) is 8.73. The summed E-state index contributed by atoms with van der Waals surface area (Å²) >= 11 is 12.5. The summed E-state index contributed by atoms with van der Waals surface area (Å²) in [5.74, 6) is 0.484. The third kappa shape index (κ3) is 5.22. The number of aromatic nitrogens is 4. The van der Waals surface area contributed by atoms with Crippen molar-refractivity contribution in [2.24, 2.45) is 0 Å². The third-order valence-electron chi connectivity index (χ3n) is 6.27. The summed E-state index contributed by atoms with van der Waals surface area (Å²) in [6, 6.07) is 6.69. The number of aromatic amines is 1. The predicted molar refractivity (Wildman–Crippen MR) is 141 cm³/mol. The topological polar surface area (TPSA) is 104 Å². The van der Waals surface area contributed by atoms with Crippen molar-refractivity contribution in [2.75, 3.05) is 37.3 Å². The molecule has 1 aromatic carbocycles. The van der Waals surface area contributed by atoms with E-state index in [2.05, 4.69) is 20.2 Å². The van der Waals surface area contributed by atoms with E-state index in [-0.39, 0.29) is 5.56 Å². The zero-order valence-electron chi connectivity index (χ0n) is 20.0. The number of pyridine rings is 2. The first-order valence-electron chi connectivity index (χ1n) is 11.4. The van der Waals surface area contributed by atoms with Gasteiger partial charge in [-0.15, -0.1) is 0 Å². The minimum atomic E-state index is -3.25. The molecule has 0 spiro atoms. The largest absolute Gasteiger partial charge is 0.486 e. The van der Waals surface area contributed by atoms with Crippen molar-refractivity contribution in [3.05, 3.63) is 64.3 Å². The van der Waals surface area contributed by atoms with Crippen LogP contribution in [-0.4, -0.2) is 65.3 Å². The minimum absolute atomic E-state index is 0.232. The predicted octanol–water partition coefficient (Wildman–Crippen LogP) is 4.69. The van der Waals surface area contributed by atoms with E-state index >= 15 is 4.39 Å². The van der Waals surface area contributed by atoms with Gasteiger partial charge in [0.15, 0.2) is 0 Å². The van der Waals surface area contributed by atoms with Crippen molar-refractivity contribution < 1.29 is 17.5 Å². The number of anilines is 1. The number of fused-ring (bicyclic) bond motifs is 1. The lowest BCUT2D eigenvalue weighted by atomic mass is 10.1. The van der Waals surface area contributed by atoms with E-state index in [4.69, 9.17) is 27.9 Å². The zero-order valence-corrected chi connectivity index (χ0v) is 22.3. The highest BCUT2D eigenvalue weighted by molar-refractivity contribution is 7.88. The van der Waals surface area contributed by atoms with Crippen molar-refractivity contribution >= 4 is 49.9 Å². The molecule has 13 heteroatoms. The van der Waals surface area contributed by atoms with Gasteiger partial charge in [0.1, 0.15) is 29.2 Å². The average molecular weight is 565 g/mol. The van der Waals surface area contributed by atoms with Crippen LogP contribution >= 0.6 is 23.2 Å². The number of nitrogens with zero attached hydrogens (tertiary/aromatic N) is 5. The molecule has 0 unspecified atom stereocenters. The Morgan fingerprint density at radius 3 is 2.43 bits per heavy atom. The highest BCUT2D eigenvalue weighted by Gasteiger charge is 2.25. The summed E-state index contributed by atoms with van der Waals surface area (Å²) in [4.78, 5) is 10.3. The van der Waals surface area contributed by atoms with Crippen LogP contribution < -0.4 is 9.64 Å². The molecule has 0 radical (unpaired) electrons. The van der Waals surface area contributed by atoms with E-state index in [9.17, 15) is 8.42 Å². The number of ether oxygens (including phenoxy) is 1. The summed E-state index contributed by atoms with van der Waals surface area (Å²) in [7, 11) is -3.25. The molecular weight excluding hydrogens is 542 g/mol. The van der Waals surface area contributed by atoms with Crippen LogP contribution in [0.15, 0.2) is 42.9 Å².